The molecule has 0 saturated carbocycles. The van der Waals surface area contributed by atoms with E-state index in [0.29, 0.717) is 12.3 Å². The SMILES string of the molecule is Cc1nnc(SCC(=O)NC(C)CCc2ccccc2)n1Cc1ccccc1. The van der Waals surface area contributed by atoms with E-state index in [-0.39, 0.29) is 11.9 Å². The summed E-state index contributed by atoms with van der Waals surface area (Å²) in [5.41, 5.74) is 2.48. The molecule has 28 heavy (non-hydrogen) atoms. The molecule has 0 saturated heterocycles. The van der Waals surface area contributed by atoms with Gasteiger partial charge in [0.05, 0.1) is 12.3 Å². The van der Waals surface area contributed by atoms with Crippen LogP contribution in [0, 0.1) is 6.92 Å². The molecule has 1 atom stereocenters. The molecule has 0 aliphatic rings. The van der Waals surface area contributed by atoms with E-state index in [0.717, 1.165) is 23.8 Å². The molecule has 3 aromatic rings. The minimum absolute atomic E-state index is 0.0254. The van der Waals surface area contributed by atoms with Crippen LogP contribution in [-0.2, 0) is 17.8 Å². The lowest BCUT2D eigenvalue weighted by atomic mass is 10.1. The monoisotopic (exact) mass is 394 g/mol. The first kappa shape index (κ1) is 20.1. The third kappa shape index (κ3) is 5.96. The summed E-state index contributed by atoms with van der Waals surface area (Å²) in [6.07, 6.45) is 1.88. The van der Waals surface area contributed by atoms with Crippen molar-refractivity contribution in [3.05, 3.63) is 77.6 Å². The van der Waals surface area contributed by atoms with E-state index >= 15 is 0 Å². The minimum Gasteiger partial charge on any atom is -0.353 e. The molecule has 146 valence electrons. The van der Waals surface area contributed by atoms with Gasteiger partial charge in [-0.05, 0) is 37.8 Å². The Labute approximate surface area is 170 Å². The molecule has 0 spiro atoms. The van der Waals surface area contributed by atoms with Gasteiger partial charge >= 0.3 is 0 Å². The van der Waals surface area contributed by atoms with Gasteiger partial charge < -0.3 is 9.88 Å². The molecule has 0 aliphatic heterocycles. The number of carbonyl (C=O) groups is 1. The maximum Gasteiger partial charge on any atom is 0.230 e. The number of amides is 1. The minimum atomic E-state index is 0.0254. The van der Waals surface area contributed by atoms with Crippen LogP contribution in [0.5, 0.6) is 0 Å². The van der Waals surface area contributed by atoms with Gasteiger partial charge in [0.25, 0.3) is 0 Å². The number of carbonyl (C=O) groups excluding carboxylic acids is 1. The van der Waals surface area contributed by atoms with Gasteiger partial charge in [-0.1, -0.05) is 72.4 Å². The molecular weight excluding hydrogens is 368 g/mol. The molecule has 1 heterocycles. The van der Waals surface area contributed by atoms with Crippen LogP contribution in [0.1, 0.15) is 30.3 Å². The van der Waals surface area contributed by atoms with Gasteiger partial charge in [0.2, 0.25) is 5.91 Å². The first-order valence-corrected chi connectivity index (χ1v) is 10.5. The first-order chi connectivity index (χ1) is 13.6. The summed E-state index contributed by atoms with van der Waals surface area (Å²) in [7, 11) is 0. The highest BCUT2D eigenvalue weighted by Crippen LogP contribution is 2.18. The smallest absolute Gasteiger partial charge is 0.230 e. The molecule has 1 unspecified atom stereocenters. The molecule has 6 heteroatoms. The van der Waals surface area contributed by atoms with Gasteiger partial charge in [-0.3, -0.25) is 4.79 Å². The maximum atomic E-state index is 12.3. The number of hydrogen-bond donors (Lipinski definition) is 1. The Morgan fingerprint density at radius 1 is 1.04 bits per heavy atom. The number of thioether (sulfide) groups is 1. The lowest BCUT2D eigenvalue weighted by molar-refractivity contribution is -0.119. The summed E-state index contributed by atoms with van der Waals surface area (Å²) < 4.78 is 2.05. The zero-order valence-corrected chi connectivity index (χ0v) is 17.2. The summed E-state index contributed by atoms with van der Waals surface area (Å²) in [6.45, 7) is 4.69. The van der Waals surface area contributed by atoms with E-state index in [1.54, 1.807) is 0 Å². The third-order valence-corrected chi connectivity index (χ3v) is 5.50. The summed E-state index contributed by atoms with van der Waals surface area (Å²) in [5.74, 6) is 1.21. The van der Waals surface area contributed by atoms with E-state index in [1.165, 1.54) is 22.9 Å². The lowest BCUT2D eigenvalue weighted by Crippen LogP contribution is -2.34. The molecule has 2 aromatic carbocycles. The number of aromatic nitrogens is 3. The van der Waals surface area contributed by atoms with Crippen molar-refractivity contribution in [3.63, 3.8) is 0 Å². The fraction of sp³-hybridized carbons (Fsp3) is 0.318. The quantitative estimate of drug-likeness (QED) is 0.560. The highest BCUT2D eigenvalue weighted by atomic mass is 32.2. The highest BCUT2D eigenvalue weighted by molar-refractivity contribution is 7.99. The van der Waals surface area contributed by atoms with Crippen LogP contribution >= 0.6 is 11.8 Å². The molecular formula is C22H26N4OS. The molecule has 0 bridgehead atoms. The highest BCUT2D eigenvalue weighted by Gasteiger charge is 2.13. The zero-order valence-electron chi connectivity index (χ0n) is 16.3. The lowest BCUT2D eigenvalue weighted by Gasteiger charge is -2.14. The van der Waals surface area contributed by atoms with E-state index in [2.05, 4.69) is 39.8 Å². The van der Waals surface area contributed by atoms with Gasteiger partial charge in [-0.15, -0.1) is 10.2 Å². The maximum absolute atomic E-state index is 12.3. The zero-order chi connectivity index (χ0) is 19.8. The van der Waals surface area contributed by atoms with Crippen molar-refractivity contribution < 1.29 is 4.79 Å². The van der Waals surface area contributed by atoms with Crippen LogP contribution in [0.25, 0.3) is 0 Å². The molecule has 5 nitrogen and oxygen atoms in total. The number of nitrogens with one attached hydrogen (secondary N) is 1. The van der Waals surface area contributed by atoms with Gasteiger partial charge in [-0.25, -0.2) is 0 Å². The van der Waals surface area contributed by atoms with Crippen LogP contribution in [0.2, 0.25) is 0 Å². The summed E-state index contributed by atoms with van der Waals surface area (Å²) in [5, 5.41) is 12.3. The molecule has 1 amide bonds. The second-order valence-corrected chi connectivity index (χ2v) is 7.83. The normalized spacial score (nSPS) is 11.9. The van der Waals surface area contributed by atoms with Crippen molar-refractivity contribution in [2.24, 2.45) is 0 Å². The topological polar surface area (TPSA) is 59.8 Å². The fourth-order valence-electron chi connectivity index (χ4n) is 2.96. The van der Waals surface area contributed by atoms with E-state index in [9.17, 15) is 4.79 Å². The Morgan fingerprint density at radius 3 is 2.36 bits per heavy atom. The van der Waals surface area contributed by atoms with Crippen LogP contribution < -0.4 is 5.32 Å². The summed E-state index contributed by atoms with van der Waals surface area (Å²) >= 11 is 1.43. The number of rotatable bonds is 9. The third-order valence-electron chi connectivity index (χ3n) is 4.53. The number of benzene rings is 2. The van der Waals surface area contributed by atoms with Gasteiger partial charge in [-0.2, -0.15) is 0 Å². The molecule has 0 fully saturated rings. The van der Waals surface area contributed by atoms with Crippen molar-refractivity contribution in [2.45, 2.75) is 44.4 Å². The van der Waals surface area contributed by atoms with Crippen molar-refractivity contribution in [1.29, 1.82) is 0 Å². The van der Waals surface area contributed by atoms with E-state index in [4.69, 9.17) is 0 Å². The Balaban J connectivity index is 1.48. The predicted octanol–water partition coefficient (Wildman–Crippen LogP) is 3.86. The molecule has 1 aromatic heterocycles. The number of nitrogens with zero attached hydrogens (tertiary/aromatic N) is 3. The van der Waals surface area contributed by atoms with Crippen LogP contribution in [-0.4, -0.2) is 32.5 Å². The van der Waals surface area contributed by atoms with Crippen LogP contribution in [0.4, 0.5) is 0 Å². The first-order valence-electron chi connectivity index (χ1n) is 9.51. The van der Waals surface area contributed by atoms with E-state index < -0.39 is 0 Å². The van der Waals surface area contributed by atoms with Crippen molar-refractivity contribution >= 4 is 17.7 Å². The van der Waals surface area contributed by atoms with Crippen molar-refractivity contribution in [2.75, 3.05) is 5.75 Å². The van der Waals surface area contributed by atoms with Crippen LogP contribution in [0.15, 0.2) is 65.8 Å². The van der Waals surface area contributed by atoms with Gasteiger partial charge in [0.15, 0.2) is 5.16 Å². The Kier molecular flexibility index (Phi) is 7.25. The fourth-order valence-corrected chi connectivity index (χ4v) is 3.76. The Morgan fingerprint density at radius 2 is 1.68 bits per heavy atom. The molecule has 0 aliphatic carbocycles. The molecule has 0 radical (unpaired) electrons. The summed E-state index contributed by atoms with van der Waals surface area (Å²) in [6, 6.07) is 20.7. The molecule has 3 rings (SSSR count). The Hall–Kier alpha value is -2.60. The van der Waals surface area contributed by atoms with Crippen molar-refractivity contribution in [1.82, 2.24) is 20.1 Å². The standard InChI is InChI=1S/C22H26N4OS/c1-17(13-14-19-9-5-3-6-10-19)23-21(27)16-28-22-25-24-18(2)26(22)15-20-11-7-4-8-12-20/h3-12,17H,13-16H2,1-2H3,(H,23,27). The van der Waals surface area contributed by atoms with Crippen LogP contribution in [0.3, 0.4) is 0 Å². The Bertz CT molecular complexity index is 880. The number of hydrogen-bond acceptors (Lipinski definition) is 4. The second-order valence-electron chi connectivity index (χ2n) is 6.88. The largest absolute Gasteiger partial charge is 0.353 e. The summed E-state index contributed by atoms with van der Waals surface area (Å²) in [4.78, 5) is 12.3. The van der Waals surface area contributed by atoms with Crippen molar-refractivity contribution in [3.8, 4) is 0 Å². The average Bonchev–Trinajstić information content (AvgIpc) is 3.06. The predicted molar refractivity (Wildman–Crippen MR) is 113 cm³/mol. The number of aryl methyl sites for hydroxylation is 2. The van der Waals surface area contributed by atoms with Gasteiger partial charge in [0, 0.05) is 6.04 Å². The van der Waals surface area contributed by atoms with Gasteiger partial charge in [0.1, 0.15) is 5.82 Å². The van der Waals surface area contributed by atoms with E-state index in [1.807, 2.05) is 54.8 Å². The second kappa shape index (κ2) is 10.1. The molecule has 1 N–H and O–H groups in total. The average molecular weight is 395 g/mol.